The molecule has 0 aliphatic heterocycles. The van der Waals surface area contributed by atoms with Crippen molar-refractivity contribution >= 4 is 11.4 Å². The average molecular weight is 318 g/mol. The Bertz CT molecular complexity index is 506. The third kappa shape index (κ3) is 6.90. The second-order valence-electron chi connectivity index (χ2n) is 4.77. The second kappa shape index (κ2) is 9.55. The van der Waals surface area contributed by atoms with Gasteiger partial charge >= 0.3 is 0 Å². The normalized spacial score (nSPS) is 10.4. The minimum Gasteiger partial charge on any atom is -0.491 e. The zero-order valence-electron chi connectivity index (χ0n) is 12.9. The van der Waals surface area contributed by atoms with E-state index in [-0.39, 0.29) is 6.79 Å². The molecule has 0 heterocycles. The second-order valence-corrected chi connectivity index (χ2v) is 4.77. The van der Waals surface area contributed by atoms with Crippen LogP contribution in [0.5, 0.6) is 11.5 Å². The third-order valence-corrected chi connectivity index (χ3v) is 2.92. The Balaban J connectivity index is 1.43. The topological polar surface area (TPSA) is 89.0 Å². The summed E-state index contributed by atoms with van der Waals surface area (Å²) in [5, 5.41) is 0. The molecule has 2 aromatic carbocycles. The van der Waals surface area contributed by atoms with E-state index >= 15 is 0 Å². The van der Waals surface area contributed by atoms with Crippen LogP contribution in [0.25, 0.3) is 0 Å². The largest absolute Gasteiger partial charge is 0.491 e. The molecule has 0 aliphatic rings. The fraction of sp³-hybridized carbons (Fsp3) is 0.294. The highest BCUT2D eigenvalue weighted by Crippen LogP contribution is 2.13. The molecule has 0 aromatic heterocycles. The molecular formula is C17H22N2O4. The summed E-state index contributed by atoms with van der Waals surface area (Å²) in [5.41, 5.74) is 12.6. The zero-order chi connectivity index (χ0) is 16.3. The number of anilines is 2. The number of ether oxygens (including phenoxy) is 4. The monoisotopic (exact) mass is 318 g/mol. The predicted octanol–water partition coefficient (Wildman–Crippen LogP) is 2.30. The lowest BCUT2D eigenvalue weighted by molar-refractivity contribution is -0.0662. The lowest BCUT2D eigenvalue weighted by Crippen LogP contribution is -2.12. The van der Waals surface area contributed by atoms with Gasteiger partial charge in [-0.05, 0) is 48.5 Å². The molecule has 0 spiro atoms. The summed E-state index contributed by atoms with van der Waals surface area (Å²) >= 11 is 0. The molecule has 6 nitrogen and oxygen atoms in total. The van der Waals surface area contributed by atoms with E-state index in [9.17, 15) is 0 Å². The molecule has 6 heteroatoms. The molecule has 0 aliphatic carbocycles. The molecular weight excluding hydrogens is 296 g/mol. The summed E-state index contributed by atoms with van der Waals surface area (Å²) in [6, 6.07) is 14.4. The van der Waals surface area contributed by atoms with Crippen molar-refractivity contribution < 1.29 is 18.9 Å². The highest BCUT2D eigenvalue weighted by Gasteiger charge is 1.96. The van der Waals surface area contributed by atoms with Gasteiger partial charge in [-0.15, -0.1) is 0 Å². The molecule has 2 rings (SSSR count). The lowest BCUT2D eigenvalue weighted by Gasteiger charge is -2.09. The molecule has 0 fully saturated rings. The van der Waals surface area contributed by atoms with E-state index in [1.165, 1.54) is 0 Å². The first-order valence-corrected chi connectivity index (χ1v) is 7.36. The number of nitrogen functional groups attached to an aromatic ring is 2. The van der Waals surface area contributed by atoms with Crippen molar-refractivity contribution in [3.63, 3.8) is 0 Å². The van der Waals surface area contributed by atoms with Crippen molar-refractivity contribution in [1.29, 1.82) is 0 Å². The van der Waals surface area contributed by atoms with Gasteiger partial charge in [0, 0.05) is 11.4 Å². The predicted molar refractivity (Wildman–Crippen MR) is 89.5 cm³/mol. The minimum atomic E-state index is 0.205. The van der Waals surface area contributed by atoms with Crippen LogP contribution in [0.3, 0.4) is 0 Å². The van der Waals surface area contributed by atoms with Gasteiger partial charge in [-0.2, -0.15) is 0 Å². The first kappa shape index (κ1) is 16.9. The van der Waals surface area contributed by atoms with Crippen molar-refractivity contribution in [2.45, 2.75) is 0 Å². The highest BCUT2D eigenvalue weighted by atomic mass is 16.7. The maximum Gasteiger partial charge on any atom is 0.147 e. The average Bonchev–Trinajstić information content (AvgIpc) is 2.56. The van der Waals surface area contributed by atoms with E-state index in [0.29, 0.717) is 37.8 Å². The molecule has 2 aromatic rings. The molecule has 0 atom stereocenters. The van der Waals surface area contributed by atoms with Crippen molar-refractivity contribution in [2.24, 2.45) is 0 Å². The fourth-order valence-corrected chi connectivity index (χ4v) is 1.74. The van der Waals surface area contributed by atoms with Crippen LogP contribution in [0.1, 0.15) is 0 Å². The molecule has 0 radical (unpaired) electrons. The van der Waals surface area contributed by atoms with Gasteiger partial charge in [-0.25, -0.2) is 0 Å². The van der Waals surface area contributed by atoms with Crippen LogP contribution in [-0.4, -0.2) is 33.2 Å². The van der Waals surface area contributed by atoms with Gasteiger partial charge in [0.25, 0.3) is 0 Å². The van der Waals surface area contributed by atoms with Gasteiger partial charge in [0.05, 0.1) is 13.2 Å². The summed E-state index contributed by atoms with van der Waals surface area (Å²) in [7, 11) is 0. The van der Waals surface area contributed by atoms with Gasteiger partial charge < -0.3 is 30.4 Å². The third-order valence-electron chi connectivity index (χ3n) is 2.92. The Morgan fingerprint density at radius 2 is 0.957 bits per heavy atom. The van der Waals surface area contributed by atoms with Crippen LogP contribution in [0, 0.1) is 0 Å². The molecule has 4 N–H and O–H groups in total. The molecule has 0 saturated heterocycles. The number of nitrogens with two attached hydrogens (primary N) is 2. The summed E-state index contributed by atoms with van der Waals surface area (Å²) in [5.74, 6) is 1.53. The molecule has 0 saturated carbocycles. The zero-order valence-corrected chi connectivity index (χ0v) is 12.9. The van der Waals surface area contributed by atoms with Gasteiger partial charge in [-0.3, -0.25) is 0 Å². The molecule has 124 valence electrons. The minimum absolute atomic E-state index is 0.205. The van der Waals surface area contributed by atoms with Crippen LogP contribution in [0.4, 0.5) is 11.4 Å². The van der Waals surface area contributed by atoms with E-state index in [1.807, 2.05) is 24.3 Å². The Hall–Kier alpha value is -2.44. The maximum atomic E-state index is 5.59. The molecule has 0 bridgehead atoms. The first-order chi connectivity index (χ1) is 11.2. The standard InChI is InChI=1S/C17H22N2O4/c18-14-1-5-16(6-2-14)22-11-9-20-13-21-10-12-23-17-7-3-15(19)4-8-17/h1-8H,9-13,18-19H2. The number of hydrogen-bond donors (Lipinski definition) is 2. The number of rotatable bonds is 10. The fourth-order valence-electron chi connectivity index (χ4n) is 1.74. The summed E-state index contributed by atoms with van der Waals surface area (Å²) in [4.78, 5) is 0. The first-order valence-electron chi connectivity index (χ1n) is 7.36. The van der Waals surface area contributed by atoms with Gasteiger partial charge in [-0.1, -0.05) is 0 Å². The summed E-state index contributed by atoms with van der Waals surface area (Å²) < 4.78 is 21.6. The van der Waals surface area contributed by atoms with Crippen molar-refractivity contribution in [3.05, 3.63) is 48.5 Å². The van der Waals surface area contributed by atoms with Crippen LogP contribution in [0.15, 0.2) is 48.5 Å². The van der Waals surface area contributed by atoms with Crippen LogP contribution >= 0.6 is 0 Å². The maximum absolute atomic E-state index is 5.59. The summed E-state index contributed by atoms with van der Waals surface area (Å²) in [6.07, 6.45) is 0. The highest BCUT2D eigenvalue weighted by molar-refractivity contribution is 5.42. The van der Waals surface area contributed by atoms with E-state index < -0.39 is 0 Å². The van der Waals surface area contributed by atoms with Crippen molar-refractivity contribution in [1.82, 2.24) is 0 Å². The summed E-state index contributed by atoms with van der Waals surface area (Å²) in [6.45, 7) is 2.01. The molecule has 0 unspecified atom stereocenters. The van der Waals surface area contributed by atoms with Crippen LogP contribution in [0.2, 0.25) is 0 Å². The van der Waals surface area contributed by atoms with E-state index in [1.54, 1.807) is 24.3 Å². The molecule has 0 amide bonds. The number of benzene rings is 2. The van der Waals surface area contributed by atoms with Gasteiger partial charge in [0.15, 0.2) is 0 Å². The molecule has 23 heavy (non-hydrogen) atoms. The van der Waals surface area contributed by atoms with E-state index in [0.717, 1.165) is 11.5 Å². The van der Waals surface area contributed by atoms with Crippen molar-refractivity contribution in [3.8, 4) is 11.5 Å². The van der Waals surface area contributed by atoms with Crippen LogP contribution in [-0.2, 0) is 9.47 Å². The lowest BCUT2D eigenvalue weighted by atomic mass is 10.3. The van der Waals surface area contributed by atoms with Gasteiger partial charge in [0.1, 0.15) is 31.5 Å². The quantitative estimate of drug-likeness (QED) is 0.397. The Morgan fingerprint density at radius 3 is 1.35 bits per heavy atom. The Morgan fingerprint density at radius 1 is 0.565 bits per heavy atom. The van der Waals surface area contributed by atoms with Crippen molar-refractivity contribution in [2.75, 3.05) is 44.7 Å². The van der Waals surface area contributed by atoms with E-state index in [4.69, 9.17) is 30.4 Å². The van der Waals surface area contributed by atoms with Gasteiger partial charge in [0.2, 0.25) is 0 Å². The Labute approximate surface area is 135 Å². The number of hydrogen-bond acceptors (Lipinski definition) is 6. The smallest absolute Gasteiger partial charge is 0.147 e. The van der Waals surface area contributed by atoms with E-state index in [2.05, 4.69) is 0 Å². The van der Waals surface area contributed by atoms with Crippen LogP contribution < -0.4 is 20.9 Å². The Kier molecular flexibility index (Phi) is 7.03. The SMILES string of the molecule is Nc1ccc(OCCOCOCCOc2ccc(N)cc2)cc1.